The third-order valence-corrected chi connectivity index (χ3v) is 3.87. The molecular formula is C14H25N5OS. The van der Waals surface area contributed by atoms with E-state index in [0.29, 0.717) is 25.5 Å². The van der Waals surface area contributed by atoms with Gasteiger partial charge in [0.2, 0.25) is 5.91 Å². The topological polar surface area (TPSA) is 78.4 Å². The van der Waals surface area contributed by atoms with E-state index in [0.717, 1.165) is 10.7 Å². The average Bonchev–Trinajstić information content (AvgIpc) is 2.72. The highest BCUT2D eigenvalue weighted by Gasteiger charge is 2.06. The SMILES string of the molecule is CN=C(NCCC(=O)NC(C)C)NCc1nc(C)c(C)s1. The van der Waals surface area contributed by atoms with Gasteiger partial charge in [-0.3, -0.25) is 9.79 Å². The molecule has 0 saturated carbocycles. The quantitative estimate of drug-likeness (QED) is 0.547. The van der Waals surface area contributed by atoms with E-state index in [1.54, 1.807) is 18.4 Å². The molecule has 0 aliphatic rings. The summed E-state index contributed by atoms with van der Waals surface area (Å²) in [5.74, 6) is 0.719. The second-order valence-electron chi connectivity index (χ2n) is 5.07. The normalized spacial score (nSPS) is 11.6. The molecule has 0 bridgehead atoms. The number of carbonyl (C=O) groups excluding carboxylic acids is 1. The van der Waals surface area contributed by atoms with Crippen molar-refractivity contribution in [2.75, 3.05) is 13.6 Å². The molecule has 0 fully saturated rings. The molecule has 118 valence electrons. The van der Waals surface area contributed by atoms with Gasteiger partial charge in [0.15, 0.2) is 5.96 Å². The number of carbonyl (C=O) groups is 1. The fourth-order valence-corrected chi connectivity index (χ4v) is 2.56. The molecule has 0 atom stereocenters. The Morgan fingerprint density at radius 3 is 2.57 bits per heavy atom. The number of hydrogen-bond donors (Lipinski definition) is 3. The Morgan fingerprint density at radius 1 is 1.33 bits per heavy atom. The second kappa shape index (κ2) is 8.61. The summed E-state index contributed by atoms with van der Waals surface area (Å²) in [6.07, 6.45) is 0.425. The van der Waals surface area contributed by atoms with Gasteiger partial charge in [-0.1, -0.05) is 0 Å². The molecule has 6 nitrogen and oxygen atoms in total. The Labute approximate surface area is 130 Å². The number of aryl methyl sites for hydroxylation is 2. The maximum Gasteiger partial charge on any atom is 0.221 e. The molecule has 1 aromatic heterocycles. The molecule has 1 heterocycles. The number of nitrogens with one attached hydrogen (secondary N) is 3. The second-order valence-corrected chi connectivity index (χ2v) is 6.36. The first-order valence-corrected chi connectivity index (χ1v) is 7.90. The number of rotatable bonds is 6. The lowest BCUT2D eigenvalue weighted by Gasteiger charge is -2.12. The Bertz CT molecular complexity index is 476. The predicted molar refractivity (Wildman–Crippen MR) is 87.7 cm³/mol. The van der Waals surface area contributed by atoms with Crippen LogP contribution in [-0.4, -0.2) is 36.5 Å². The Kier molecular flexibility index (Phi) is 7.14. The molecule has 0 aliphatic carbocycles. The van der Waals surface area contributed by atoms with E-state index in [4.69, 9.17) is 0 Å². The minimum absolute atomic E-state index is 0.0409. The standard InChI is InChI=1S/C14H25N5OS/c1-9(2)18-12(20)6-7-16-14(15-5)17-8-13-19-10(3)11(4)21-13/h9H,6-8H2,1-5H3,(H,18,20)(H2,15,16,17). The maximum absolute atomic E-state index is 11.5. The molecule has 0 aliphatic heterocycles. The lowest BCUT2D eigenvalue weighted by atomic mass is 10.3. The van der Waals surface area contributed by atoms with Gasteiger partial charge in [-0.25, -0.2) is 4.98 Å². The third-order valence-electron chi connectivity index (χ3n) is 2.80. The van der Waals surface area contributed by atoms with Gasteiger partial charge in [0.1, 0.15) is 5.01 Å². The zero-order valence-corrected chi connectivity index (χ0v) is 14.2. The molecule has 0 unspecified atom stereocenters. The molecule has 1 amide bonds. The number of amides is 1. The molecule has 0 spiro atoms. The van der Waals surface area contributed by atoms with E-state index < -0.39 is 0 Å². The molecule has 0 aromatic carbocycles. The van der Waals surface area contributed by atoms with E-state index in [1.165, 1.54) is 4.88 Å². The van der Waals surface area contributed by atoms with Crippen LogP contribution in [0.15, 0.2) is 4.99 Å². The van der Waals surface area contributed by atoms with Gasteiger partial charge in [-0.2, -0.15) is 0 Å². The maximum atomic E-state index is 11.5. The van der Waals surface area contributed by atoms with E-state index in [9.17, 15) is 4.79 Å². The van der Waals surface area contributed by atoms with Crippen molar-refractivity contribution in [3.63, 3.8) is 0 Å². The van der Waals surface area contributed by atoms with Crippen LogP contribution in [0.3, 0.4) is 0 Å². The van der Waals surface area contributed by atoms with E-state index in [1.807, 2.05) is 20.8 Å². The number of thiazole rings is 1. The highest BCUT2D eigenvalue weighted by molar-refractivity contribution is 7.11. The van der Waals surface area contributed by atoms with Crippen molar-refractivity contribution in [3.8, 4) is 0 Å². The molecule has 1 aromatic rings. The summed E-state index contributed by atoms with van der Waals surface area (Å²) in [4.78, 5) is 21.4. The number of guanidine groups is 1. The van der Waals surface area contributed by atoms with Crippen molar-refractivity contribution in [1.29, 1.82) is 0 Å². The van der Waals surface area contributed by atoms with Crippen LogP contribution in [0.4, 0.5) is 0 Å². The van der Waals surface area contributed by atoms with E-state index in [2.05, 4.69) is 32.9 Å². The molecule has 0 radical (unpaired) electrons. The minimum atomic E-state index is 0.0409. The first kappa shape index (κ1) is 17.4. The van der Waals surface area contributed by atoms with E-state index >= 15 is 0 Å². The van der Waals surface area contributed by atoms with Gasteiger partial charge in [0.25, 0.3) is 0 Å². The van der Waals surface area contributed by atoms with Gasteiger partial charge >= 0.3 is 0 Å². The Morgan fingerprint density at radius 2 is 2.05 bits per heavy atom. The van der Waals surface area contributed by atoms with Gasteiger partial charge in [0, 0.05) is 30.9 Å². The fourth-order valence-electron chi connectivity index (χ4n) is 1.68. The summed E-state index contributed by atoms with van der Waals surface area (Å²) in [7, 11) is 1.71. The fraction of sp³-hybridized carbons (Fsp3) is 0.643. The van der Waals surface area contributed by atoms with Gasteiger partial charge in [0.05, 0.1) is 12.2 Å². The van der Waals surface area contributed by atoms with Gasteiger partial charge in [-0.05, 0) is 27.7 Å². The number of aliphatic imine (C=N–C) groups is 1. The third kappa shape index (κ3) is 6.57. The van der Waals surface area contributed by atoms with Crippen LogP contribution in [0.2, 0.25) is 0 Å². The minimum Gasteiger partial charge on any atom is -0.356 e. The molecule has 3 N–H and O–H groups in total. The van der Waals surface area contributed by atoms with Crippen LogP contribution in [0, 0.1) is 13.8 Å². The van der Waals surface area contributed by atoms with Crippen LogP contribution >= 0.6 is 11.3 Å². The Hall–Kier alpha value is -1.63. The highest BCUT2D eigenvalue weighted by atomic mass is 32.1. The summed E-state index contributed by atoms with van der Waals surface area (Å²) in [6.45, 7) is 9.16. The molecule has 7 heteroatoms. The molecular weight excluding hydrogens is 286 g/mol. The molecule has 21 heavy (non-hydrogen) atoms. The van der Waals surface area contributed by atoms with E-state index in [-0.39, 0.29) is 11.9 Å². The zero-order chi connectivity index (χ0) is 15.8. The van der Waals surface area contributed by atoms with Crippen LogP contribution < -0.4 is 16.0 Å². The predicted octanol–water partition coefficient (Wildman–Crippen LogP) is 1.34. The zero-order valence-electron chi connectivity index (χ0n) is 13.4. The summed E-state index contributed by atoms with van der Waals surface area (Å²) in [5.41, 5.74) is 1.07. The van der Waals surface area contributed by atoms with Crippen LogP contribution in [-0.2, 0) is 11.3 Å². The molecule has 0 saturated heterocycles. The summed E-state index contributed by atoms with van der Waals surface area (Å²) in [5, 5.41) is 10.2. The number of hydrogen-bond acceptors (Lipinski definition) is 4. The van der Waals surface area contributed by atoms with Crippen molar-refractivity contribution in [2.24, 2.45) is 4.99 Å². The molecule has 1 rings (SSSR count). The van der Waals surface area contributed by atoms with Crippen LogP contribution in [0.25, 0.3) is 0 Å². The summed E-state index contributed by atoms with van der Waals surface area (Å²) >= 11 is 1.68. The number of aromatic nitrogens is 1. The monoisotopic (exact) mass is 311 g/mol. The summed E-state index contributed by atoms with van der Waals surface area (Å²) in [6, 6.07) is 0.173. The first-order valence-electron chi connectivity index (χ1n) is 7.09. The average molecular weight is 311 g/mol. The van der Waals surface area contributed by atoms with Crippen molar-refractivity contribution in [2.45, 2.75) is 46.7 Å². The number of nitrogens with zero attached hydrogens (tertiary/aromatic N) is 2. The van der Waals surface area contributed by atoms with Crippen molar-refractivity contribution in [1.82, 2.24) is 20.9 Å². The van der Waals surface area contributed by atoms with Gasteiger partial charge in [-0.15, -0.1) is 11.3 Å². The van der Waals surface area contributed by atoms with Crippen molar-refractivity contribution in [3.05, 3.63) is 15.6 Å². The largest absolute Gasteiger partial charge is 0.356 e. The van der Waals surface area contributed by atoms with Crippen LogP contribution in [0.1, 0.15) is 35.8 Å². The highest BCUT2D eigenvalue weighted by Crippen LogP contribution is 2.15. The lowest BCUT2D eigenvalue weighted by molar-refractivity contribution is -0.121. The smallest absolute Gasteiger partial charge is 0.221 e. The van der Waals surface area contributed by atoms with Crippen molar-refractivity contribution < 1.29 is 4.79 Å². The Balaban J connectivity index is 2.31. The van der Waals surface area contributed by atoms with Gasteiger partial charge < -0.3 is 16.0 Å². The first-order chi connectivity index (χ1) is 9.92. The van der Waals surface area contributed by atoms with Crippen LogP contribution in [0.5, 0.6) is 0 Å². The lowest BCUT2D eigenvalue weighted by Crippen LogP contribution is -2.39. The summed E-state index contributed by atoms with van der Waals surface area (Å²) < 4.78 is 0. The van der Waals surface area contributed by atoms with Crippen molar-refractivity contribution >= 4 is 23.2 Å².